The summed E-state index contributed by atoms with van der Waals surface area (Å²) in [5.41, 5.74) is 1.79. The third kappa shape index (κ3) is 5.27. The molecule has 2 aromatic carbocycles. The van der Waals surface area contributed by atoms with E-state index in [1.165, 1.54) is 17.8 Å². The van der Waals surface area contributed by atoms with Crippen LogP contribution in [0.2, 0.25) is 0 Å². The number of piperazine rings is 1. The van der Waals surface area contributed by atoms with Crippen molar-refractivity contribution in [2.24, 2.45) is 5.92 Å². The minimum Gasteiger partial charge on any atom is -0.371 e. The highest BCUT2D eigenvalue weighted by Gasteiger charge is 2.24. The smallest absolute Gasteiger partial charge is 0.234 e. The van der Waals surface area contributed by atoms with Crippen LogP contribution in [0.15, 0.2) is 48.5 Å². The maximum atomic E-state index is 13.4. The van der Waals surface area contributed by atoms with E-state index in [4.69, 9.17) is 0 Å². The lowest BCUT2D eigenvalue weighted by Gasteiger charge is -2.35. The third-order valence-corrected chi connectivity index (χ3v) is 5.95. The van der Waals surface area contributed by atoms with E-state index in [0.717, 1.165) is 25.6 Å². The highest BCUT2D eigenvalue weighted by atomic mass is 19.1. The first-order chi connectivity index (χ1) is 14.6. The minimum atomic E-state index is -0.565. The van der Waals surface area contributed by atoms with E-state index in [-0.39, 0.29) is 5.91 Å². The van der Waals surface area contributed by atoms with E-state index in [9.17, 15) is 13.6 Å². The summed E-state index contributed by atoms with van der Waals surface area (Å²) in [7, 11) is 0. The Labute approximate surface area is 176 Å². The molecule has 0 aliphatic carbocycles. The molecule has 4 rings (SSSR count). The zero-order valence-corrected chi connectivity index (χ0v) is 17.1. The van der Waals surface area contributed by atoms with Crippen LogP contribution >= 0.6 is 0 Å². The van der Waals surface area contributed by atoms with Gasteiger partial charge in [0.05, 0.1) is 6.54 Å². The molecule has 1 amide bonds. The van der Waals surface area contributed by atoms with Crippen LogP contribution < -0.4 is 15.1 Å². The number of carbonyl (C=O) groups excluding carboxylic acids is 1. The molecular formula is C23H28F2N4O. The second kappa shape index (κ2) is 9.43. The first-order valence-corrected chi connectivity index (χ1v) is 10.6. The van der Waals surface area contributed by atoms with Crippen LogP contribution in [0.1, 0.15) is 6.42 Å². The molecular weight excluding hydrogens is 386 g/mol. The van der Waals surface area contributed by atoms with Gasteiger partial charge in [-0.1, -0.05) is 18.2 Å². The first-order valence-electron chi connectivity index (χ1n) is 10.6. The lowest BCUT2D eigenvalue weighted by atomic mass is 10.1. The van der Waals surface area contributed by atoms with E-state index in [0.29, 0.717) is 50.9 Å². The summed E-state index contributed by atoms with van der Waals surface area (Å²) < 4.78 is 26.9. The monoisotopic (exact) mass is 414 g/mol. The van der Waals surface area contributed by atoms with Gasteiger partial charge in [-0.15, -0.1) is 0 Å². The summed E-state index contributed by atoms with van der Waals surface area (Å²) in [6, 6.07) is 14.0. The molecule has 0 unspecified atom stereocenters. The summed E-state index contributed by atoms with van der Waals surface area (Å²) in [6.45, 7) is 5.72. The predicted molar refractivity (Wildman–Crippen MR) is 115 cm³/mol. The molecule has 0 aromatic heterocycles. The Kier molecular flexibility index (Phi) is 6.47. The SMILES string of the molecule is O=C(CN1CCN(c2cc(F)cc(F)c2)CC1)NC[C@@H]1CCN(c2ccccc2)C1. The average molecular weight is 415 g/mol. The van der Waals surface area contributed by atoms with Crippen molar-refractivity contribution < 1.29 is 13.6 Å². The normalized spacial score (nSPS) is 19.9. The molecule has 0 spiro atoms. The number of carbonyl (C=O) groups is 1. The molecule has 160 valence electrons. The fourth-order valence-corrected chi connectivity index (χ4v) is 4.28. The molecule has 2 saturated heterocycles. The van der Waals surface area contributed by atoms with Crippen molar-refractivity contribution >= 4 is 17.3 Å². The van der Waals surface area contributed by atoms with Crippen LogP contribution in [0.25, 0.3) is 0 Å². The van der Waals surface area contributed by atoms with Gasteiger partial charge in [0.15, 0.2) is 0 Å². The standard InChI is InChI=1S/C23H28F2N4O/c24-19-12-20(25)14-22(13-19)28-10-8-27(9-11-28)17-23(30)26-15-18-6-7-29(16-18)21-4-2-1-3-5-21/h1-5,12-14,18H,6-11,15-17H2,(H,26,30)/t18-/m0/s1. The topological polar surface area (TPSA) is 38.8 Å². The summed E-state index contributed by atoms with van der Waals surface area (Å²) >= 11 is 0. The predicted octanol–water partition coefficient (Wildman–Crippen LogP) is 2.73. The van der Waals surface area contributed by atoms with Crippen LogP contribution in [0, 0.1) is 17.6 Å². The van der Waals surface area contributed by atoms with E-state index < -0.39 is 11.6 Å². The summed E-state index contributed by atoms with van der Waals surface area (Å²) in [5, 5.41) is 3.08. The van der Waals surface area contributed by atoms with Gasteiger partial charge in [-0.2, -0.15) is 0 Å². The molecule has 2 aliphatic rings. The summed E-state index contributed by atoms with van der Waals surface area (Å²) in [4.78, 5) is 18.8. The number of amides is 1. The Morgan fingerprint density at radius 1 is 0.900 bits per heavy atom. The fraction of sp³-hybridized carbons (Fsp3) is 0.435. The third-order valence-electron chi connectivity index (χ3n) is 5.95. The van der Waals surface area contributed by atoms with Crippen molar-refractivity contribution in [2.75, 3.05) is 62.2 Å². The molecule has 30 heavy (non-hydrogen) atoms. The Balaban J connectivity index is 1.18. The van der Waals surface area contributed by atoms with Gasteiger partial charge >= 0.3 is 0 Å². The van der Waals surface area contributed by atoms with Crippen LogP contribution in [0.5, 0.6) is 0 Å². The number of para-hydroxylation sites is 1. The molecule has 2 fully saturated rings. The molecule has 5 nitrogen and oxygen atoms in total. The number of hydrogen-bond acceptors (Lipinski definition) is 4. The lowest BCUT2D eigenvalue weighted by molar-refractivity contribution is -0.122. The van der Waals surface area contributed by atoms with Crippen molar-refractivity contribution in [3.63, 3.8) is 0 Å². The van der Waals surface area contributed by atoms with Crippen molar-refractivity contribution in [2.45, 2.75) is 6.42 Å². The van der Waals surface area contributed by atoms with Crippen LogP contribution in [-0.2, 0) is 4.79 Å². The van der Waals surface area contributed by atoms with Gasteiger partial charge in [0.2, 0.25) is 5.91 Å². The Hall–Kier alpha value is -2.67. The van der Waals surface area contributed by atoms with Crippen LogP contribution in [0.4, 0.5) is 20.2 Å². The van der Waals surface area contributed by atoms with Gasteiger partial charge in [0, 0.05) is 63.3 Å². The van der Waals surface area contributed by atoms with Gasteiger partial charge in [-0.25, -0.2) is 8.78 Å². The number of hydrogen-bond donors (Lipinski definition) is 1. The highest BCUT2D eigenvalue weighted by Crippen LogP contribution is 2.23. The summed E-state index contributed by atoms with van der Waals surface area (Å²) in [5.74, 6) is -0.624. The molecule has 1 N–H and O–H groups in total. The number of nitrogens with zero attached hydrogens (tertiary/aromatic N) is 3. The lowest BCUT2D eigenvalue weighted by Crippen LogP contribution is -2.50. The Bertz CT molecular complexity index is 835. The number of benzene rings is 2. The second-order valence-electron chi connectivity index (χ2n) is 8.13. The molecule has 0 bridgehead atoms. The number of nitrogens with one attached hydrogen (secondary N) is 1. The molecule has 2 heterocycles. The number of rotatable bonds is 6. The van der Waals surface area contributed by atoms with E-state index in [2.05, 4.69) is 39.4 Å². The Morgan fingerprint density at radius 3 is 2.30 bits per heavy atom. The molecule has 2 aliphatic heterocycles. The first kappa shape index (κ1) is 20.6. The second-order valence-corrected chi connectivity index (χ2v) is 8.13. The maximum absolute atomic E-state index is 13.4. The van der Waals surface area contributed by atoms with Gasteiger partial charge in [0.1, 0.15) is 11.6 Å². The zero-order chi connectivity index (χ0) is 20.9. The van der Waals surface area contributed by atoms with Gasteiger partial charge in [0.25, 0.3) is 0 Å². The highest BCUT2D eigenvalue weighted by molar-refractivity contribution is 5.78. The maximum Gasteiger partial charge on any atom is 0.234 e. The Morgan fingerprint density at radius 2 is 1.60 bits per heavy atom. The molecule has 0 radical (unpaired) electrons. The van der Waals surface area contributed by atoms with Crippen LogP contribution in [0.3, 0.4) is 0 Å². The van der Waals surface area contributed by atoms with Crippen molar-refractivity contribution in [3.05, 3.63) is 60.2 Å². The van der Waals surface area contributed by atoms with Crippen molar-refractivity contribution in [3.8, 4) is 0 Å². The molecule has 0 saturated carbocycles. The largest absolute Gasteiger partial charge is 0.371 e. The van der Waals surface area contributed by atoms with Crippen molar-refractivity contribution in [1.82, 2.24) is 10.2 Å². The van der Waals surface area contributed by atoms with Gasteiger partial charge in [-0.3, -0.25) is 9.69 Å². The minimum absolute atomic E-state index is 0.0402. The average Bonchev–Trinajstić information content (AvgIpc) is 3.22. The van der Waals surface area contributed by atoms with Crippen molar-refractivity contribution in [1.29, 1.82) is 0 Å². The quantitative estimate of drug-likeness (QED) is 0.789. The van der Waals surface area contributed by atoms with E-state index in [1.807, 2.05) is 11.0 Å². The summed E-state index contributed by atoms with van der Waals surface area (Å²) in [6.07, 6.45) is 1.08. The zero-order valence-electron chi connectivity index (χ0n) is 17.1. The fourth-order valence-electron chi connectivity index (χ4n) is 4.28. The molecule has 1 atom stereocenters. The van der Waals surface area contributed by atoms with Gasteiger partial charge < -0.3 is 15.1 Å². The number of anilines is 2. The van der Waals surface area contributed by atoms with Gasteiger partial charge in [-0.05, 0) is 36.6 Å². The number of halogens is 2. The molecule has 2 aromatic rings. The van der Waals surface area contributed by atoms with E-state index >= 15 is 0 Å². The van der Waals surface area contributed by atoms with E-state index in [1.54, 1.807) is 0 Å². The van der Waals surface area contributed by atoms with Crippen LogP contribution in [-0.4, -0.2) is 63.2 Å². The molecule has 7 heteroatoms.